The van der Waals surface area contributed by atoms with Crippen molar-refractivity contribution in [2.45, 2.75) is 19.9 Å². The van der Waals surface area contributed by atoms with Crippen molar-refractivity contribution >= 4 is 5.91 Å². The van der Waals surface area contributed by atoms with Crippen LogP contribution in [-0.2, 0) is 17.8 Å². The summed E-state index contributed by atoms with van der Waals surface area (Å²) in [7, 11) is 0. The van der Waals surface area contributed by atoms with Gasteiger partial charge in [0.2, 0.25) is 5.91 Å². The van der Waals surface area contributed by atoms with Crippen molar-refractivity contribution in [1.29, 1.82) is 0 Å². The Hall–Kier alpha value is -2.43. The lowest BCUT2D eigenvalue weighted by Crippen LogP contribution is -2.25. The van der Waals surface area contributed by atoms with Crippen LogP contribution in [0, 0.1) is 6.92 Å². The van der Waals surface area contributed by atoms with E-state index in [1.165, 1.54) is 0 Å². The molecule has 21 heavy (non-hydrogen) atoms. The van der Waals surface area contributed by atoms with Crippen LogP contribution in [-0.4, -0.2) is 19.1 Å². The molecule has 0 fully saturated rings. The van der Waals surface area contributed by atoms with E-state index in [2.05, 4.69) is 5.32 Å². The van der Waals surface area contributed by atoms with Crippen LogP contribution in [0.3, 0.4) is 0 Å². The van der Waals surface area contributed by atoms with E-state index < -0.39 is 0 Å². The molecule has 1 aliphatic heterocycles. The standard InChI is InChI=1S/C16H17NO4/c1-11-7-14-15(21-6-5-20-14)8-12(11)9-16(18)17-10-13-3-2-4-19-13/h2-4,7-8H,5-6,9-10H2,1H3,(H,17,18). The number of furan rings is 1. The first-order valence-electron chi connectivity index (χ1n) is 6.90. The summed E-state index contributed by atoms with van der Waals surface area (Å²) in [6.07, 6.45) is 1.90. The fourth-order valence-electron chi connectivity index (χ4n) is 2.26. The van der Waals surface area contributed by atoms with Crippen molar-refractivity contribution < 1.29 is 18.7 Å². The number of amides is 1. The molecule has 2 aromatic rings. The highest BCUT2D eigenvalue weighted by Crippen LogP contribution is 2.33. The molecule has 0 unspecified atom stereocenters. The molecule has 1 amide bonds. The maximum absolute atomic E-state index is 12.0. The van der Waals surface area contributed by atoms with Gasteiger partial charge in [0.05, 0.1) is 19.2 Å². The average Bonchev–Trinajstić information content (AvgIpc) is 2.99. The van der Waals surface area contributed by atoms with Crippen LogP contribution in [0.1, 0.15) is 16.9 Å². The van der Waals surface area contributed by atoms with E-state index in [4.69, 9.17) is 13.9 Å². The second kappa shape index (κ2) is 5.91. The number of hydrogen-bond donors (Lipinski definition) is 1. The van der Waals surface area contributed by atoms with Crippen molar-refractivity contribution in [3.05, 3.63) is 47.4 Å². The van der Waals surface area contributed by atoms with E-state index in [1.807, 2.05) is 25.1 Å². The van der Waals surface area contributed by atoms with Gasteiger partial charge >= 0.3 is 0 Å². The first-order valence-corrected chi connectivity index (χ1v) is 6.90. The molecule has 1 aliphatic rings. The average molecular weight is 287 g/mol. The van der Waals surface area contributed by atoms with Crippen LogP contribution in [0.2, 0.25) is 0 Å². The SMILES string of the molecule is Cc1cc2c(cc1CC(=O)NCc1ccco1)OCCO2. The lowest BCUT2D eigenvalue weighted by Gasteiger charge is -2.20. The zero-order chi connectivity index (χ0) is 14.7. The molecule has 0 saturated carbocycles. The molecule has 2 heterocycles. The van der Waals surface area contributed by atoms with Crippen molar-refractivity contribution in [2.24, 2.45) is 0 Å². The van der Waals surface area contributed by atoms with Crippen molar-refractivity contribution in [3.8, 4) is 11.5 Å². The van der Waals surface area contributed by atoms with Gasteiger partial charge in [0.1, 0.15) is 19.0 Å². The number of carbonyl (C=O) groups is 1. The third-order valence-corrected chi connectivity index (χ3v) is 3.39. The van der Waals surface area contributed by atoms with Gasteiger partial charge in [0.15, 0.2) is 11.5 Å². The molecule has 5 heteroatoms. The Morgan fingerprint density at radius 3 is 2.71 bits per heavy atom. The maximum atomic E-state index is 12.0. The van der Waals surface area contributed by atoms with Crippen LogP contribution >= 0.6 is 0 Å². The number of aryl methyl sites for hydroxylation is 1. The molecular formula is C16H17NO4. The Morgan fingerprint density at radius 1 is 1.24 bits per heavy atom. The van der Waals surface area contributed by atoms with Crippen molar-refractivity contribution in [1.82, 2.24) is 5.32 Å². The highest BCUT2D eigenvalue weighted by Gasteiger charge is 2.15. The Bertz CT molecular complexity index is 634. The first-order chi connectivity index (χ1) is 10.2. The Morgan fingerprint density at radius 2 is 2.00 bits per heavy atom. The zero-order valence-corrected chi connectivity index (χ0v) is 11.8. The molecule has 0 saturated heterocycles. The Kier molecular flexibility index (Phi) is 3.81. The fourth-order valence-corrected chi connectivity index (χ4v) is 2.26. The van der Waals surface area contributed by atoms with Crippen molar-refractivity contribution in [2.75, 3.05) is 13.2 Å². The van der Waals surface area contributed by atoms with Crippen LogP contribution in [0.4, 0.5) is 0 Å². The van der Waals surface area contributed by atoms with Gasteiger partial charge in [0.25, 0.3) is 0 Å². The van der Waals surface area contributed by atoms with Crippen LogP contribution in [0.5, 0.6) is 11.5 Å². The summed E-state index contributed by atoms with van der Waals surface area (Å²) in [5.74, 6) is 2.15. The smallest absolute Gasteiger partial charge is 0.224 e. The van der Waals surface area contributed by atoms with Crippen molar-refractivity contribution in [3.63, 3.8) is 0 Å². The van der Waals surface area contributed by atoms with E-state index in [-0.39, 0.29) is 5.91 Å². The molecule has 1 N–H and O–H groups in total. The third-order valence-electron chi connectivity index (χ3n) is 3.39. The monoisotopic (exact) mass is 287 g/mol. The highest BCUT2D eigenvalue weighted by molar-refractivity contribution is 5.79. The van der Waals surface area contributed by atoms with Gasteiger partial charge in [-0.05, 0) is 42.3 Å². The van der Waals surface area contributed by atoms with E-state index in [1.54, 1.807) is 12.3 Å². The predicted octanol–water partition coefficient (Wildman–Crippen LogP) is 2.22. The summed E-state index contributed by atoms with van der Waals surface area (Å²) >= 11 is 0. The lowest BCUT2D eigenvalue weighted by molar-refractivity contribution is -0.120. The van der Waals surface area contributed by atoms with E-state index in [0.29, 0.717) is 31.9 Å². The van der Waals surface area contributed by atoms with Crippen LogP contribution in [0.25, 0.3) is 0 Å². The summed E-state index contributed by atoms with van der Waals surface area (Å²) in [6, 6.07) is 7.43. The second-order valence-electron chi connectivity index (χ2n) is 4.96. The fraction of sp³-hybridized carbons (Fsp3) is 0.312. The van der Waals surface area contributed by atoms with Gasteiger partial charge in [-0.3, -0.25) is 4.79 Å². The molecule has 0 bridgehead atoms. The minimum absolute atomic E-state index is 0.0498. The lowest BCUT2D eigenvalue weighted by atomic mass is 10.0. The van der Waals surface area contributed by atoms with Gasteiger partial charge < -0.3 is 19.2 Å². The number of hydrogen-bond acceptors (Lipinski definition) is 4. The summed E-state index contributed by atoms with van der Waals surface area (Å²) in [5.41, 5.74) is 1.96. The number of fused-ring (bicyclic) bond motifs is 1. The third kappa shape index (κ3) is 3.18. The summed E-state index contributed by atoms with van der Waals surface area (Å²) < 4.78 is 16.3. The molecule has 0 aliphatic carbocycles. The van der Waals surface area contributed by atoms with E-state index >= 15 is 0 Å². The Labute approximate surface area is 122 Å². The number of ether oxygens (including phenoxy) is 2. The molecule has 5 nitrogen and oxygen atoms in total. The van der Waals surface area contributed by atoms with Crippen LogP contribution < -0.4 is 14.8 Å². The minimum Gasteiger partial charge on any atom is -0.486 e. The van der Waals surface area contributed by atoms with E-state index in [0.717, 1.165) is 22.6 Å². The number of nitrogens with one attached hydrogen (secondary N) is 1. The quantitative estimate of drug-likeness (QED) is 0.936. The number of carbonyl (C=O) groups excluding carboxylic acids is 1. The van der Waals surface area contributed by atoms with Gasteiger partial charge in [-0.1, -0.05) is 0 Å². The van der Waals surface area contributed by atoms with Crippen LogP contribution in [0.15, 0.2) is 34.9 Å². The number of rotatable bonds is 4. The topological polar surface area (TPSA) is 60.7 Å². The molecule has 110 valence electrons. The second-order valence-corrected chi connectivity index (χ2v) is 4.96. The molecule has 0 atom stereocenters. The number of benzene rings is 1. The van der Waals surface area contributed by atoms with E-state index in [9.17, 15) is 4.79 Å². The maximum Gasteiger partial charge on any atom is 0.224 e. The normalized spacial score (nSPS) is 13.0. The summed E-state index contributed by atoms with van der Waals surface area (Å²) in [5, 5.41) is 2.84. The minimum atomic E-state index is -0.0498. The molecule has 0 radical (unpaired) electrons. The highest BCUT2D eigenvalue weighted by atomic mass is 16.6. The van der Waals surface area contributed by atoms with Gasteiger partial charge in [-0.25, -0.2) is 0 Å². The largest absolute Gasteiger partial charge is 0.486 e. The first kappa shape index (κ1) is 13.5. The van der Waals surface area contributed by atoms with Gasteiger partial charge in [0, 0.05) is 0 Å². The molecule has 1 aromatic carbocycles. The molecule has 3 rings (SSSR count). The molecule has 0 spiro atoms. The van der Waals surface area contributed by atoms with Gasteiger partial charge in [-0.15, -0.1) is 0 Å². The van der Waals surface area contributed by atoms with Gasteiger partial charge in [-0.2, -0.15) is 0 Å². The molecule has 1 aromatic heterocycles. The molecular weight excluding hydrogens is 270 g/mol. The predicted molar refractivity (Wildman–Crippen MR) is 76.4 cm³/mol. The Balaban J connectivity index is 1.65. The summed E-state index contributed by atoms with van der Waals surface area (Å²) in [4.78, 5) is 12.0. The zero-order valence-electron chi connectivity index (χ0n) is 11.8. The summed E-state index contributed by atoms with van der Waals surface area (Å²) in [6.45, 7) is 3.47.